The molecule has 0 aliphatic carbocycles. The first-order valence-electron chi connectivity index (χ1n) is 6.89. The van der Waals surface area contributed by atoms with Crippen molar-refractivity contribution in [3.8, 4) is 5.75 Å². The minimum atomic E-state index is -4.47. The van der Waals surface area contributed by atoms with Gasteiger partial charge < -0.3 is 10.5 Å². The van der Waals surface area contributed by atoms with E-state index in [1.165, 1.54) is 0 Å². The van der Waals surface area contributed by atoms with Gasteiger partial charge in [0.15, 0.2) is 0 Å². The van der Waals surface area contributed by atoms with Gasteiger partial charge >= 0.3 is 6.18 Å². The first-order valence-corrected chi connectivity index (χ1v) is 6.89. The highest BCUT2D eigenvalue weighted by Crippen LogP contribution is 2.33. The number of hydrogen-bond acceptors (Lipinski definition) is 2. The van der Waals surface area contributed by atoms with Crippen LogP contribution in [0, 0.1) is 0 Å². The van der Waals surface area contributed by atoms with E-state index >= 15 is 0 Å². The van der Waals surface area contributed by atoms with E-state index in [2.05, 4.69) is 0 Å². The molecule has 0 heterocycles. The summed E-state index contributed by atoms with van der Waals surface area (Å²) in [7, 11) is 0. The summed E-state index contributed by atoms with van der Waals surface area (Å²) in [5.41, 5.74) is 6.35. The number of rotatable bonds is 6. The smallest absolute Gasteiger partial charge is 0.426 e. The van der Waals surface area contributed by atoms with Crippen LogP contribution in [0.2, 0.25) is 0 Å². The van der Waals surface area contributed by atoms with Crippen molar-refractivity contribution in [1.29, 1.82) is 0 Å². The van der Waals surface area contributed by atoms with Gasteiger partial charge in [0.1, 0.15) is 5.75 Å². The predicted octanol–water partition coefficient (Wildman–Crippen LogP) is 4.25. The summed E-state index contributed by atoms with van der Waals surface area (Å²) in [5.74, 6) is 0.408. The average Bonchev–Trinajstić information content (AvgIpc) is 2.42. The van der Waals surface area contributed by atoms with Gasteiger partial charge in [-0.15, -0.1) is 0 Å². The Kier molecular flexibility index (Phi) is 5.87. The molecule has 114 valence electrons. The molecule has 0 spiro atoms. The third-order valence-electron chi connectivity index (χ3n) is 3.50. The zero-order valence-corrected chi connectivity index (χ0v) is 12.1. The van der Waals surface area contributed by atoms with E-state index in [9.17, 15) is 13.2 Å². The Balaban J connectivity index is 3.06. The second-order valence-electron chi connectivity index (χ2n) is 5.00. The summed E-state index contributed by atoms with van der Waals surface area (Å²) in [6, 6.07) is 5.78. The van der Waals surface area contributed by atoms with Gasteiger partial charge in [-0.1, -0.05) is 39.0 Å². The fourth-order valence-corrected chi connectivity index (χ4v) is 1.96. The van der Waals surface area contributed by atoms with Gasteiger partial charge in [-0.3, -0.25) is 0 Å². The Labute approximate surface area is 118 Å². The molecule has 0 aliphatic heterocycles. The molecule has 0 radical (unpaired) electrons. The van der Waals surface area contributed by atoms with Gasteiger partial charge in [0, 0.05) is 0 Å². The van der Waals surface area contributed by atoms with Crippen molar-refractivity contribution in [2.24, 2.45) is 5.73 Å². The molecule has 0 aliphatic rings. The highest BCUT2D eigenvalue weighted by atomic mass is 19.4. The van der Waals surface area contributed by atoms with Crippen LogP contribution in [0.15, 0.2) is 24.3 Å². The highest BCUT2D eigenvalue weighted by Gasteiger charge is 2.45. The van der Waals surface area contributed by atoms with Gasteiger partial charge in [0.2, 0.25) is 6.10 Å². The Morgan fingerprint density at radius 2 is 1.75 bits per heavy atom. The molecule has 1 rings (SSSR count). The van der Waals surface area contributed by atoms with Crippen molar-refractivity contribution in [2.45, 2.75) is 57.9 Å². The number of para-hydroxylation sites is 1. The summed E-state index contributed by atoms with van der Waals surface area (Å²) in [6.07, 6.45) is -5.41. The van der Waals surface area contributed by atoms with E-state index in [4.69, 9.17) is 10.5 Å². The van der Waals surface area contributed by atoms with Crippen molar-refractivity contribution in [2.75, 3.05) is 0 Å². The van der Waals surface area contributed by atoms with Crippen LogP contribution in [0.25, 0.3) is 0 Å². The molecule has 2 N–H and O–H groups in total. The van der Waals surface area contributed by atoms with Crippen molar-refractivity contribution < 1.29 is 17.9 Å². The van der Waals surface area contributed by atoms with Crippen LogP contribution < -0.4 is 10.5 Å². The van der Waals surface area contributed by atoms with Crippen LogP contribution in [0.4, 0.5) is 13.2 Å². The lowest BCUT2D eigenvalue weighted by atomic mass is 9.97. The Hall–Kier alpha value is -1.23. The van der Waals surface area contributed by atoms with E-state index in [0.717, 1.165) is 12.0 Å². The van der Waals surface area contributed by atoms with Crippen LogP contribution in [0.5, 0.6) is 5.75 Å². The Morgan fingerprint density at radius 1 is 1.15 bits per heavy atom. The maximum atomic E-state index is 13.1. The van der Waals surface area contributed by atoms with Crippen LogP contribution >= 0.6 is 0 Å². The fraction of sp³-hybridized carbons (Fsp3) is 0.600. The first kappa shape index (κ1) is 16.8. The van der Waals surface area contributed by atoms with Crippen molar-refractivity contribution in [3.63, 3.8) is 0 Å². The molecule has 1 aromatic carbocycles. The monoisotopic (exact) mass is 289 g/mol. The summed E-state index contributed by atoms with van der Waals surface area (Å²) in [5, 5.41) is 0. The minimum Gasteiger partial charge on any atom is -0.479 e. The number of ether oxygens (including phenoxy) is 1. The second-order valence-corrected chi connectivity index (χ2v) is 5.00. The molecule has 0 saturated heterocycles. The molecular formula is C15H22F3NO. The molecular weight excluding hydrogens is 267 g/mol. The van der Waals surface area contributed by atoms with Crippen LogP contribution in [0.1, 0.15) is 45.1 Å². The average molecular weight is 289 g/mol. The second kappa shape index (κ2) is 6.97. The Morgan fingerprint density at radius 3 is 2.25 bits per heavy atom. The lowest BCUT2D eigenvalue weighted by Gasteiger charge is -2.28. The van der Waals surface area contributed by atoms with Crippen molar-refractivity contribution in [1.82, 2.24) is 0 Å². The van der Waals surface area contributed by atoms with Crippen LogP contribution in [-0.2, 0) is 0 Å². The molecule has 1 aromatic rings. The van der Waals surface area contributed by atoms with Gasteiger partial charge in [-0.2, -0.15) is 13.2 Å². The normalized spacial score (nSPS) is 16.6. The molecule has 0 amide bonds. The Bertz CT molecular complexity index is 420. The summed E-state index contributed by atoms with van der Waals surface area (Å²) in [6.45, 7) is 5.57. The quantitative estimate of drug-likeness (QED) is 0.849. The third-order valence-corrected chi connectivity index (χ3v) is 3.50. The number of benzene rings is 1. The van der Waals surface area contributed by atoms with Crippen molar-refractivity contribution in [3.05, 3.63) is 29.8 Å². The molecule has 0 bridgehead atoms. The van der Waals surface area contributed by atoms with E-state index in [-0.39, 0.29) is 18.1 Å². The van der Waals surface area contributed by atoms with Crippen LogP contribution in [-0.4, -0.2) is 18.3 Å². The van der Waals surface area contributed by atoms with Gasteiger partial charge in [-0.25, -0.2) is 0 Å². The van der Waals surface area contributed by atoms with Crippen molar-refractivity contribution >= 4 is 0 Å². The third kappa shape index (κ3) is 4.13. The van der Waals surface area contributed by atoms with E-state index in [0.29, 0.717) is 0 Å². The summed E-state index contributed by atoms with van der Waals surface area (Å²) < 4.78 is 44.4. The topological polar surface area (TPSA) is 35.2 Å². The summed E-state index contributed by atoms with van der Waals surface area (Å²) in [4.78, 5) is 0. The molecule has 0 saturated carbocycles. The lowest BCUT2D eigenvalue weighted by molar-refractivity contribution is -0.201. The lowest BCUT2D eigenvalue weighted by Crippen LogP contribution is -2.48. The zero-order valence-electron chi connectivity index (χ0n) is 12.1. The SMILES string of the molecule is CCC(C)c1ccccc1OC(C(N)CC)C(F)(F)F. The van der Waals surface area contributed by atoms with Crippen LogP contribution in [0.3, 0.4) is 0 Å². The number of nitrogens with two attached hydrogens (primary N) is 1. The van der Waals surface area contributed by atoms with E-state index in [1.807, 2.05) is 13.8 Å². The molecule has 5 heteroatoms. The first-order chi connectivity index (χ1) is 9.31. The molecule has 3 unspecified atom stereocenters. The van der Waals surface area contributed by atoms with E-state index in [1.54, 1.807) is 31.2 Å². The zero-order chi connectivity index (χ0) is 15.3. The number of hydrogen-bond donors (Lipinski definition) is 1. The minimum absolute atomic E-state index is 0.137. The van der Waals surface area contributed by atoms with E-state index < -0.39 is 18.3 Å². The van der Waals surface area contributed by atoms with Gasteiger partial charge in [0.05, 0.1) is 6.04 Å². The largest absolute Gasteiger partial charge is 0.479 e. The van der Waals surface area contributed by atoms with Gasteiger partial charge in [0.25, 0.3) is 0 Å². The molecule has 0 aromatic heterocycles. The maximum Gasteiger partial charge on any atom is 0.426 e. The molecule has 0 fully saturated rings. The molecule has 3 atom stereocenters. The fourth-order valence-electron chi connectivity index (χ4n) is 1.96. The van der Waals surface area contributed by atoms with Gasteiger partial charge in [-0.05, 0) is 30.4 Å². The molecule has 2 nitrogen and oxygen atoms in total. The maximum absolute atomic E-state index is 13.1. The summed E-state index contributed by atoms with van der Waals surface area (Å²) >= 11 is 0. The number of alkyl halides is 3. The standard InChI is InChI=1S/C15H22F3NO/c1-4-10(3)11-8-6-7-9-13(11)20-14(12(19)5-2)15(16,17)18/h6-10,12,14H,4-5,19H2,1-3H3. The predicted molar refractivity (Wildman–Crippen MR) is 73.9 cm³/mol. The molecule has 20 heavy (non-hydrogen) atoms. The highest BCUT2D eigenvalue weighted by molar-refractivity contribution is 5.36. The number of halogens is 3.